The molecule has 0 saturated carbocycles. The van der Waals surface area contributed by atoms with Crippen molar-refractivity contribution in [3.05, 3.63) is 24.3 Å². The molecule has 0 spiro atoms. The van der Waals surface area contributed by atoms with Gasteiger partial charge < -0.3 is 10.2 Å². The zero-order valence-electron chi connectivity index (χ0n) is 13.0. The molecule has 1 aromatic rings. The van der Waals surface area contributed by atoms with Crippen LogP contribution in [0.1, 0.15) is 27.7 Å². The summed E-state index contributed by atoms with van der Waals surface area (Å²) in [5.41, 5.74) is 0.779. The molecule has 1 aliphatic heterocycles. The lowest BCUT2D eigenvalue weighted by molar-refractivity contribution is 0.386. The molecule has 0 fully saturated rings. The second-order valence-electron chi connectivity index (χ2n) is 6.55. The number of hydrogen-bond acceptors (Lipinski definition) is 4. The minimum atomic E-state index is -3.53. The molecule has 1 unspecified atom stereocenters. The van der Waals surface area contributed by atoms with Crippen molar-refractivity contribution in [1.29, 1.82) is 0 Å². The Balaban J connectivity index is 2.12. The van der Waals surface area contributed by atoms with Gasteiger partial charge in [-0.2, -0.15) is 8.42 Å². The topological polar surface area (TPSA) is 61.8 Å². The van der Waals surface area contributed by atoms with Gasteiger partial charge in [0.15, 0.2) is 0 Å². The molecule has 1 aliphatic rings. The molecule has 1 aromatic carbocycles. The number of rotatable bonds is 4. The number of nitrogens with zero attached hydrogens (tertiary/aromatic N) is 2. The highest BCUT2D eigenvalue weighted by atomic mass is 32.2. The Bertz CT molecular complexity index is 633. The van der Waals surface area contributed by atoms with Gasteiger partial charge in [-0.1, -0.05) is 19.1 Å². The maximum absolute atomic E-state index is 11.9. The first-order chi connectivity index (χ1) is 9.69. The Hall–Kier alpha value is -1.40. The molecule has 1 atom stereocenters. The van der Waals surface area contributed by atoms with Crippen molar-refractivity contribution < 1.29 is 8.42 Å². The van der Waals surface area contributed by atoms with E-state index in [0.717, 1.165) is 13.1 Å². The molecule has 0 radical (unpaired) electrons. The van der Waals surface area contributed by atoms with Gasteiger partial charge in [-0.05, 0) is 45.4 Å². The molecule has 0 bridgehead atoms. The summed E-state index contributed by atoms with van der Waals surface area (Å²) in [7, 11) is -3.53. The van der Waals surface area contributed by atoms with Crippen LogP contribution in [0.2, 0.25) is 0 Å². The second-order valence-corrected chi connectivity index (χ2v) is 8.15. The standard InChI is InChI=1S/C15H23N3O2S/c1-12(9-16-15(2,3)4)10-18-11-17-21(19,20)14-8-6-5-7-13(14)18/h5-8,11-12,16H,9-10H2,1-4H3. The Morgan fingerprint density at radius 1 is 1.29 bits per heavy atom. The van der Waals surface area contributed by atoms with Crippen LogP contribution in [0.25, 0.3) is 0 Å². The Labute approximate surface area is 127 Å². The lowest BCUT2D eigenvalue weighted by Crippen LogP contribution is -2.41. The Kier molecular flexibility index (Phi) is 4.39. The third-order valence-electron chi connectivity index (χ3n) is 3.27. The van der Waals surface area contributed by atoms with Crippen molar-refractivity contribution in [2.75, 3.05) is 18.0 Å². The van der Waals surface area contributed by atoms with E-state index in [9.17, 15) is 8.42 Å². The predicted octanol–water partition coefficient (Wildman–Crippen LogP) is 2.25. The maximum atomic E-state index is 11.9. The van der Waals surface area contributed by atoms with Crippen LogP contribution < -0.4 is 10.2 Å². The zero-order chi connectivity index (χ0) is 15.7. The van der Waals surface area contributed by atoms with Gasteiger partial charge in [0, 0.05) is 12.1 Å². The largest absolute Gasteiger partial charge is 0.330 e. The van der Waals surface area contributed by atoms with Gasteiger partial charge in [0.2, 0.25) is 0 Å². The Morgan fingerprint density at radius 2 is 1.95 bits per heavy atom. The van der Waals surface area contributed by atoms with E-state index in [0.29, 0.717) is 11.6 Å². The average molecular weight is 309 g/mol. The lowest BCUT2D eigenvalue weighted by Gasteiger charge is -2.29. The molecule has 1 heterocycles. The maximum Gasteiger partial charge on any atom is 0.285 e. The van der Waals surface area contributed by atoms with E-state index >= 15 is 0 Å². The van der Waals surface area contributed by atoms with Crippen molar-refractivity contribution in [2.45, 2.75) is 38.1 Å². The second kappa shape index (κ2) is 5.77. The fourth-order valence-electron chi connectivity index (χ4n) is 2.18. The third-order valence-corrected chi connectivity index (χ3v) is 4.54. The van der Waals surface area contributed by atoms with Crippen LogP contribution in [0, 0.1) is 5.92 Å². The molecular weight excluding hydrogens is 286 g/mol. The van der Waals surface area contributed by atoms with Crippen molar-refractivity contribution in [3.63, 3.8) is 0 Å². The quantitative estimate of drug-likeness (QED) is 0.926. The first kappa shape index (κ1) is 16.0. The highest BCUT2D eigenvalue weighted by Crippen LogP contribution is 2.29. The molecule has 0 amide bonds. The van der Waals surface area contributed by atoms with Gasteiger partial charge in [-0.3, -0.25) is 0 Å². The van der Waals surface area contributed by atoms with Crippen LogP contribution in [0.4, 0.5) is 5.69 Å². The third kappa shape index (κ3) is 4.04. The highest BCUT2D eigenvalue weighted by molar-refractivity contribution is 7.90. The number of hydrogen-bond donors (Lipinski definition) is 1. The smallest absolute Gasteiger partial charge is 0.285 e. The molecule has 0 saturated heterocycles. The summed E-state index contributed by atoms with van der Waals surface area (Å²) < 4.78 is 27.5. The highest BCUT2D eigenvalue weighted by Gasteiger charge is 2.25. The summed E-state index contributed by atoms with van der Waals surface area (Å²) in [4.78, 5) is 2.19. The minimum absolute atomic E-state index is 0.0749. The monoisotopic (exact) mass is 309 g/mol. The van der Waals surface area contributed by atoms with Crippen LogP contribution in [0.3, 0.4) is 0 Å². The van der Waals surface area contributed by atoms with Gasteiger partial charge in [0.1, 0.15) is 11.2 Å². The number of benzene rings is 1. The van der Waals surface area contributed by atoms with Gasteiger partial charge in [0.25, 0.3) is 10.0 Å². The number of fused-ring (bicyclic) bond motifs is 1. The van der Waals surface area contributed by atoms with E-state index in [1.54, 1.807) is 12.1 Å². The van der Waals surface area contributed by atoms with Crippen LogP contribution in [0.5, 0.6) is 0 Å². The van der Waals surface area contributed by atoms with Crippen LogP contribution in [-0.2, 0) is 10.0 Å². The molecule has 2 rings (SSSR count). The molecule has 5 nitrogen and oxygen atoms in total. The predicted molar refractivity (Wildman–Crippen MR) is 86.4 cm³/mol. The normalized spacial score (nSPS) is 18.4. The molecule has 1 N–H and O–H groups in total. The fourth-order valence-corrected chi connectivity index (χ4v) is 3.23. The summed E-state index contributed by atoms with van der Waals surface area (Å²) >= 11 is 0. The number of anilines is 1. The van der Waals surface area contributed by atoms with Crippen molar-refractivity contribution >= 4 is 22.0 Å². The fraction of sp³-hybridized carbons (Fsp3) is 0.533. The van der Waals surface area contributed by atoms with E-state index < -0.39 is 10.0 Å². The van der Waals surface area contributed by atoms with E-state index in [4.69, 9.17) is 0 Å². The molecule has 116 valence electrons. The van der Waals surface area contributed by atoms with Crippen LogP contribution in [-0.4, -0.2) is 33.4 Å². The number of para-hydroxylation sites is 1. The lowest BCUT2D eigenvalue weighted by atomic mass is 10.1. The molecule has 21 heavy (non-hydrogen) atoms. The average Bonchev–Trinajstić information content (AvgIpc) is 2.39. The van der Waals surface area contributed by atoms with E-state index in [1.807, 2.05) is 17.0 Å². The summed E-state index contributed by atoms with van der Waals surface area (Å²) in [6.45, 7) is 10.1. The first-order valence-corrected chi connectivity index (χ1v) is 8.54. The zero-order valence-corrected chi connectivity index (χ0v) is 13.8. The van der Waals surface area contributed by atoms with E-state index in [1.165, 1.54) is 6.34 Å². The van der Waals surface area contributed by atoms with Crippen molar-refractivity contribution in [3.8, 4) is 0 Å². The molecule has 6 heteroatoms. The van der Waals surface area contributed by atoms with Gasteiger partial charge in [0.05, 0.1) is 5.69 Å². The SMILES string of the molecule is CC(CNC(C)(C)C)CN1C=NS(=O)(=O)c2ccccc21. The van der Waals surface area contributed by atoms with Crippen LogP contribution >= 0.6 is 0 Å². The molecule has 0 aromatic heterocycles. The molecular formula is C15H23N3O2S. The van der Waals surface area contributed by atoms with E-state index in [-0.39, 0.29) is 10.4 Å². The van der Waals surface area contributed by atoms with Crippen LogP contribution in [0.15, 0.2) is 33.6 Å². The molecule has 0 aliphatic carbocycles. The van der Waals surface area contributed by atoms with Crippen molar-refractivity contribution in [2.24, 2.45) is 10.3 Å². The number of sulfonamides is 1. The minimum Gasteiger partial charge on any atom is -0.330 e. The number of nitrogens with one attached hydrogen (secondary N) is 1. The van der Waals surface area contributed by atoms with E-state index in [2.05, 4.69) is 37.4 Å². The summed E-state index contributed by atoms with van der Waals surface area (Å²) in [5.74, 6) is 0.365. The summed E-state index contributed by atoms with van der Waals surface area (Å²) in [6.07, 6.45) is 1.42. The first-order valence-electron chi connectivity index (χ1n) is 7.10. The van der Waals surface area contributed by atoms with Crippen molar-refractivity contribution in [1.82, 2.24) is 5.32 Å². The summed E-state index contributed by atoms with van der Waals surface area (Å²) in [5, 5.41) is 3.46. The van der Waals surface area contributed by atoms with Gasteiger partial charge in [-0.25, -0.2) is 0 Å². The summed E-state index contributed by atoms with van der Waals surface area (Å²) in [6, 6.07) is 6.99. The van der Waals surface area contributed by atoms with Gasteiger partial charge in [-0.15, -0.1) is 4.40 Å². The Morgan fingerprint density at radius 3 is 2.62 bits per heavy atom. The van der Waals surface area contributed by atoms with Gasteiger partial charge >= 0.3 is 0 Å².